The van der Waals surface area contributed by atoms with Crippen molar-refractivity contribution < 1.29 is 4.79 Å². The molecule has 2 fully saturated rings. The van der Waals surface area contributed by atoms with Crippen LogP contribution >= 0.6 is 0 Å². The second kappa shape index (κ2) is 6.57. The largest absolute Gasteiger partial charge is 0.341 e. The van der Waals surface area contributed by atoms with E-state index in [2.05, 4.69) is 29.0 Å². The summed E-state index contributed by atoms with van der Waals surface area (Å²) in [5.41, 5.74) is 0. The van der Waals surface area contributed by atoms with Crippen LogP contribution in [-0.2, 0) is 0 Å². The van der Waals surface area contributed by atoms with Crippen molar-refractivity contribution in [3.8, 4) is 0 Å². The van der Waals surface area contributed by atoms with Crippen LogP contribution in [0, 0.1) is 0 Å². The average molecular weight is 268 g/mol. The van der Waals surface area contributed by atoms with Gasteiger partial charge in [0.05, 0.1) is 0 Å². The SMILES string of the molecule is CNC(=O)N1CCN(CCN2C(C)CCC2C)CC1. The van der Waals surface area contributed by atoms with Gasteiger partial charge in [-0.1, -0.05) is 0 Å². The van der Waals surface area contributed by atoms with E-state index in [1.54, 1.807) is 7.05 Å². The third kappa shape index (κ3) is 3.60. The number of carbonyl (C=O) groups excluding carboxylic acids is 1. The summed E-state index contributed by atoms with van der Waals surface area (Å²) in [6.07, 6.45) is 2.68. The zero-order valence-electron chi connectivity index (χ0n) is 12.6. The third-order valence-electron chi connectivity index (χ3n) is 4.68. The van der Waals surface area contributed by atoms with Crippen LogP contribution in [0.15, 0.2) is 0 Å². The first-order chi connectivity index (χ1) is 9.11. The third-order valence-corrected chi connectivity index (χ3v) is 4.68. The van der Waals surface area contributed by atoms with Crippen LogP contribution in [0.5, 0.6) is 0 Å². The van der Waals surface area contributed by atoms with Gasteiger partial charge < -0.3 is 10.2 Å². The van der Waals surface area contributed by atoms with Gasteiger partial charge in [0.15, 0.2) is 0 Å². The van der Waals surface area contributed by atoms with Crippen molar-refractivity contribution in [3.05, 3.63) is 0 Å². The van der Waals surface area contributed by atoms with Gasteiger partial charge in [-0.15, -0.1) is 0 Å². The number of urea groups is 1. The molecular weight excluding hydrogens is 240 g/mol. The number of carbonyl (C=O) groups is 1. The Morgan fingerprint density at radius 2 is 1.63 bits per heavy atom. The van der Waals surface area contributed by atoms with Gasteiger partial charge in [0.1, 0.15) is 0 Å². The highest BCUT2D eigenvalue weighted by molar-refractivity contribution is 5.73. The van der Waals surface area contributed by atoms with Crippen molar-refractivity contribution in [2.75, 3.05) is 46.3 Å². The molecule has 5 heteroatoms. The lowest BCUT2D eigenvalue weighted by atomic mass is 10.2. The molecule has 2 amide bonds. The summed E-state index contributed by atoms with van der Waals surface area (Å²) in [7, 11) is 1.70. The molecule has 0 saturated carbocycles. The van der Waals surface area contributed by atoms with Crippen molar-refractivity contribution >= 4 is 6.03 Å². The van der Waals surface area contributed by atoms with Gasteiger partial charge in [-0.3, -0.25) is 9.80 Å². The molecule has 2 rings (SSSR count). The molecule has 2 atom stereocenters. The Bertz CT molecular complexity index is 292. The molecule has 110 valence electrons. The molecular formula is C14H28N4O. The first kappa shape index (κ1) is 14.6. The normalized spacial score (nSPS) is 29.7. The molecule has 0 aromatic heterocycles. The van der Waals surface area contributed by atoms with E-state index in [0.717, 1.165) is 44.8 Å². The fourth-order valence-corrected chi connectivity index (χ4v) is 3.28. The second-order valence-electron chi connectivity index (χ2n) is 5.90. The summed E-state index contributed by atoms with van der Waals surface area (Å²) >= 11 is 0. The fraction of sp³-hybridized carbons (Fsp3) is 0.929. The molecule has 0 aromatic carbocycles. The molecule has 1 N–H and O–H groups in total. The Morgan fingerprint density at radius 3 is 2.16 bits per heavy atom. The van der Waals surface area contributed by atoms with Crippen molar-refractivity contribution in [1.29, 1.82) is 0 Å². The highest BCUT2D eigenvalue weighted by Crippen LogP contribution is 2.22. The topological polar surface area (TPSA) is 38.8 Å². The molecule has 5 nitrogen and oxygen atoms in total. The molecule has 0 spiro atoms. The Balaban J connectivity index is 1.70. The lowest BCUT2D eigenvalue weighted by Gasteiger charge is -2.36. The highest BCUT2D eigenvalue weighted by Gasteiger charge is 2.27. The number of likely N-dealkylation sites (tertiary alicyclic amines) is 1. The van der Waals surface area contributed by atoms with Gasteiger partial charge in [0.2, 0.25) is 0 Å². The predicted molar refractivity (Wildman–Crippen MR) is 77.3 cm³/mol. The van der Waals surface area contributed by atoms with Gasteiger partial charge in [-0.2, -0.15) is 0 Å². The minimum atomic E-state index is 0.0569. The summed E-state index contributed by atoms with van der Waals surface area (Å²) < 4.78 is 0. The zero-order valence-corrected chi connectivity index (χ0v) is 12.6. The van der Waals surface area contributed by atoms with Gasteiger partial charge in [0, 0.05) is 58.4 Å². The summed E-state index contributed by atoms with van der Waals surface area (Å²) in [5.74, 6) is 0. The van der Waals surface area contributed by atoms with Crippen LogP contribution in [0.2, 0.25) is 0 Å². The molecule has 0 aromatic rings. The average Bonchev–Trinajstić information content (AvgIpc) is 2.75. The molecule has 0 radical (unpaired) electrons. The maximum absolute atomic E-state index is 11.5. The van der Waals surface area contributed by atoms with Crippen LogP contribution in [-0.4, -0.2) is 79.1 Å². The first-order valence-electron chi connectivity index (χ1n) is 7.56. The Labute approximate surface area is 116 Å². The number of rotatable bonds is 3. The number of piperazine rings is 1. The number of nitrogens with one attached hydrogen (secondary N) is 1. The molecule has 2 aliphatic rings. The van der Waals surface area contributed by atoms with Gasteiger partial charge in [-0.05, 0) is 26.7 Å². The number of amides is 2. The van der Waals surface area contributed by atoms with Gasteiger partial charge >= 0.3 is 6.03 Å². The molecule has 2 heterocycles. The molecule has 2 unspecified atom stereocenters. The van der Waals surface area contributed by atoms with Crippen LogP contribution in [0.3, 0.4) is 0 Å². The van der Waals surface area contributed by atoms with Crippen LogP contribution in [0.1, 0.15) is 26.7 Å². The van der Waals surface area contributed by atoms with Crippen molar-refractivity contribution in [2.24, 2.45) is 0 Å². The summed E-state index contributed by atoms with van der Waals surface area (Å²) in [6, 6.07) is 1.53. The van der Waals surface area contributed by atoms with E-state index < -0.39 is 0 Å². The maximum Gasteiger partial charge on any atom is 0.317 e. The highest BCUT2D eigenvalue weighted by atomic mass is 16.2. The molecule has 19 heavy (non-hydrogen) atoms. The minimum Gasteiger partial charge on any atom is -0.341 e. The predicted octanol–water partition coefficient (Wildman–Crippen LogP) is 0.816. The number of nitrogens with zero attached hydrogens (tertiary/aromatic N) is 3. The van der Waals surface area contributed by atoms with E-state index in [1.165, 1.54) is 19.4 Å². The fourth-order valence-electron chi connectivity index (χ4n) is 3.28. The summed E-state index contributed by atoms with van der Waals surface area (Å²) in [4.78, 5) is 18.5. The Morgan fingerprint density at radius 1 is 1.05 bits per heavy atom. The van der Waals surface area contributed by atoms with E-state index in [9.17, 15) is 4.79 Å². The molecule has 0 bridgehead atoms. The van der Waals surface area contributed by atoms with E-state index in [-0.39, 0.29) is 6.03 Å². The zero-order chi connectivity index (χ0) is 13.8. The lowest BCUT2D eigenvalue weighted by Crippen LogP contribution is -2.52. The van der Waals surface area contributed by atoms with Gasteiger partial charge in [0.25, 0.3) is 0 Å². The van der Waals surface area contributed by atoms with E-state index in [4.69, 9.17) is 0 Å². The van der Waals surface area contributed by atoms with Crippen molar-refractivity contribution in [3.63, 3.8) is 0 Å². The standard InChI is InChI=1S/C14H28N4O/c1-12-4-5-13(2)18(12)11-8-16-6-9-17(10-7-16)14(19)15-3/h12-13H,4-11H2,1-3H3,(H,15,19). The van der Waals surface area contributed by atoms with Crippen molar-refractivity contribution in [1.82, 2.24) is 20.0 Å². The molecule has 2 aliphatic heterocycles. The van der Waals surface area contributed by atoms with Crippen LogP contribution < -0.4 is 5.32 Å². The number of hydrogen-bond acceptors (Lipinski definition) is 3. The van der Waals surface area contributed by atoms with E-state index >= 15 is 0 Å². The van der Waals surface area contributed by atoms with E-state index in [1.807, 2.05) is 4.90 Å². The number of hydrogen-bond donors (Lipinski definition) is 1. The van der Waals surface area contributed by atoms with Crippen molar-refractivity contribution in [2.45, 2.75) is 38.8 Å². The van der Waals surface area contributed by atoms with E-state index in [0.29, 0.717) is 0 Å². The second-order valence-corrected chi connectivity index (χ2v) is 5.90. The van der Waals surface area contributed by atoms with Crippen LogP contribution in [0.25, 0.3) is 0 Å². The molecule has 0 aliphatic carbocycles. The summed E-state index contributed by atoms with van der Waals surface area (Å²) in [5, 5.41) is 2.70. The Kier molecular flexibility index (Phi) is 5.05. The smallest absolute Gasteiger partial charge is 0.317 e. The Hall–Kier alpha value is -0.810. The minimum absolute atomic E-state index is 0.0569. The van der Waals surface area contributed by atoms with Gasteiger partial charge in [-0.25, -0.2) is 4.79 Å². The molecule has 2 saturated heterocycles. The lowest BCUT2D eigenvalue weighted by molar-refractivity contribution is 0.119. The quantitative estimate of drug-likeness (QED) is 0.823. The summed E-state index contributed by atoms with van der Waals surface area (Å²) in [6.45, 7) is 10.7. The first-order valence-corrected chi connectivity index (χ1v) is 7.56. The monoisotopic (exact) mass is 268 g/mol. The van der Waals surface area contributed by atoms with Crippen LogP contribution in [0.4, 0.5) is 4.79 Å². The maximum atomic E-state index is 11.5.